The molecule has 0 saturated carbocycles. The molecule has 11 heteroatoms. The highest BCUT2D eigenvalue weighted by Gasteiger charge is 2.36. The number of ether oxygens (including phenoxy) is 3. The number of benzene rings is 1. The molecule has 1 fully saturated rings. The summed E-state index contributed by atoms with van der Waals surface area (Å²) in [7, 11) is 1.23. The predicted octanol–water partition coefficient (Wildman–Crippen LogP) is 3.88. The van der Waals surface area contributed by atoms with E-state index in [0.29, 0.717) is 30.7 Å². The van der Waals surface area contributed by atoms with Crippen molar-refractivity contribution in [2.45, 2.75) is 38.8 Å². The zero-order chi connectivity index (χ0) is 22.8. The molecule has 168 valence electrons. The third-order valence-electron chi connectivity index (χ3n) is 4.69. The van der Waals surface area contributed by atoms with Gasteiger partial charge < -0.3 is 19.5 Å². The summed E-state index contributed by atoms with van der Waals surface area (Å²) in [6.45, 7) is 3.68. The molecule has 0 unspecified atom stereocenters. The second-order valence-electron chi connectivity index (χ2n) is 6.88. The summed E-state index contributed by atoms with van der Waals surface area (Å²) in [6.07, 6.45) is -5.91. The lowest BCUT2D eigenvalue weighted by Crippen LogP contribution is -2.20. The van der Waals surface area contributed by atoms with Gasteiger partial charge in [-0.05, 0) is 19.9 Å². The number of nitrogens with one attached hydrogen (secondary N) is 1. The maximum absolute atomic E-state index is 14.6. The lowest BCUT2D eigenvalue weighted by Gasteiger charge is -2.23. The Morgan fingerprint density at radius 3 is 2.58 bits per heavy atom. The molecule has 0 spiro atoms. The molecule has 1 aromatic heterocycles. The van der Waals surface area contributed by atoms with E-state index in [0.717, 1.165) is 6.07 Å². The number of hydrogen-bond acceptors (Lipinski definition) is 7. The van der Waals surface area contributed by atoms with Crippen LogP contribution in [0.4, 0.5) is 23.4 Å². The molecule has 0 bridgehead atoms. The zero-order valence-electron chi connectivity index (χ0n) is 17.0. The molecule has 7 nitrogen and oxygen atoms in total. The van der Waals surface area contributed by atoms with E-state index in [9.17, 15) is 22.4 Å². The van der Waals surface area contributed by atoms with Crippen molar-refractivity contribution in [3.05, 3.63) is 52.2 Å². The van der Waals surface area contributed by atoms with Crippen LogP contribution >= 0.6 is 0 Å². The number of esters is 1. The van der Waals surface area contributed by atoms with Crippen LogP contribution in [0.25, 0.3) is 0 Å². The van der Waals surface area contributed by atoms with Crippen molar-refractivity contribution >= 4 is 11.8 Å². The van der Waals surface area contributed by atoms with Gasteiger partial charge in [0.1, 0.15) is 17.5 Å². The van der Waals surface area contributed by atoms with Crippen LogP contribution in [0.1, 0.15) is 47.5 Å². The van der Waals surface area contributed by atoms with Crippen LogP contribution in [0.2, 0.25) is 0 Å². The number of anilines is 1. The lowest BCUT2D eigenvalue weighted by atomic mass is 10.0. The number of hydrogen-bond donors (Lipinski definition) is 1. The van der Waals surface area contributed by atoms with Crippen molar-refractivity contribution in [2.24, 2.45) is 0 Å². The van der Waals surface area contributed by atoms with Crippen molar-refractivity contribution < 1.29 is 36.6 Å². The van der Waals surface area contributed by atoms with Crippen molar-refractivity contribution in [1.82, 2.24) is 9.97 Å². The molecule has 1 aromatic carbocycles. The molecule has 1 atom stereocenters. The van der Waals surface area contributed by atoms with E-state index in [1.165, 1.54) is 20.1 Å². The number of nitrogens with zero attached hydrogens (tertiary/aromatic N) is 2. The molecule has 1 aliphatic heterocycles. The Hall–Kier alpha value is -2.79. The molecule has 2 aromatic rings. The minimum Gasteiger partial charge on any atom is -0.469 e. The Balaban J connectivity index is 2.02. The van der Waals surface area contributed by atoms with Crippen molar-refractivity contribution in [3.63, 3.8) is 0 Å². The lowest BCUT2D eigenvalue weighted by molar-refractivity contribution is -0.140. The number of aromatic nitrogens is 2. The normalized spacial score (nSPS) is 15.7. The van der Waals surface area contributed by atoms with Crippen LogP contribution in [0.15, 0.2) is 18.2 Å². The van der Waals surface area contributed by atoms with Crippen LogP contribution in [-0.4, -0.2) is 36.3 Å². The highest BCUT2D eigenvalue weighted by Crippen LogP contribution is 2.36. The quantitative estimate of drug-likeness (QED) is 0.536. The van der Waals surface area contributed by atoms with E-state index in [4.69, 9.17) is 14.2 Å². The van der Waals surface area contributed by atoms with Gasteiger partial charge in [-0.3, -0.25) is 4.79 Å². The predicted molar refractivity (Wildman–Crippen MR) is 101 cm³/mol. The summed E-state index contributed by atoms with van der Waals surface area (Å²) < 4.78 is 69.6. The van der Waals surface area contributed by atoms with Gasteiger partial charge in [0.15, 0.2) is 6.29 Å². The standard InChI is InChI=1S/C20H21F4N3O4/c1-10(12-5-4-6-13(17(12)21)20(22,23)24)25-18-16(19-30-7-8-31-19)14(9-15(28)29-3)26-11(2)27-18/h4-6,10,19H,7-9H2,1-3H3,(H,25,26,27)/t10-/m1/s1. The van der Waals surface area contributed by atoms with Gasteiger partial charge in [0, 0.05) is 5.56 Å². The summed E-state index contributed by atoms with van der Waals surface area (Å²) in [5.41, 5.74) is -0.954. The average Bonchev–Trinajstić information content (AvgIpc) is 3.21. The average molecular weight is 443 g/mol. The first-order valence-electron chi connectivity index (χ1n) is 9.41. The molecular weight excluding hydrogens is 422 g/mol. The van der Waals surface area contributed by atoms with E-state index >= 15 is 0 Å². The number of methoxy groups -OCH3 is 1. The second-order valence-corrected chi connectivity index (χ2v) is 6.88. The number of carbonyl (C=O) groups excluding carboxylic acids is 1. The summed E-state index contributed by atoms with van der Waals surface area (Å²) in [5.74, 6) is -1.46. The van der Waals surface area contributed by atoms with Crippen LogP contribution in [0.3, 0.4) is 0 Å². The summed E-state index contributed by atoms with van der Waals surface area (Å²) in [6, 6.07) is 2.17. The second kappa shape index (κ2) is 9.15. The highest BCUT2D eigenvalue weighted by atomic mass is 19.4. The number of rotatable bonds is 6. The van der Waals surface area contributed by atoms with E-state index in [1.807, 2.05) is 0 Å². The van der Waals surface area contributed by atoms with Crippen LogP contribution < -0.4 is 5.32 Å². The minimum atomic E-state index is -4.82. The molecule has 0 amide bonds. The monoisotopic (exact) mass is 443 g/mol. The number of carbonyl (C=O) groups is 1. The molecule has 0 aliphatic carbocycles. The topological polar surface area (TPSA) is 82.6 Å². The largest absolute Gasteiger partial charge is 0.469 e. The van der Waals surface area contributed by atoms with Gasteiger partial charge in [0.05, 0.1) is 49.6 Å². The molecule has 0 radical (unpaired) electrons. The minimum absolute atomic E-state index is 0.169. The van der Waals surface area contributed by atoms with E-state index in [1.54, 1.807) is 6.92 Å². The summed E-state index contributed by atoms with van der Waals surface area (Å²) >= 11 is 0. The first kappa shape index (κ1) is 22.9. The van der Waals surface area contributed by atoms with Crippen LogP contribution in [0.5, 0.6) is 0 Å². The molecule has 1 aliphatic rings. The molecule has 1 saturated heterocycles. The Bertz CT molecular complexity index is 962. The van der Waals surface area contributed by atoms with E-state index in [-0.39, 0.29) is 23.5 Å². The third kappa shape index (κ3) is 5.10. The fourth-order valence-corrected chi connectivity index (χ4v) is 3.25. The third-order valence-corrected chi connectivity index (χ3v) is 4.69. The first-order valence-corrected chi connectivity index (χ1v) is 9.41. The van der Waals surface area contributed by atoms with Gasteiger partial charge in [-0.25, -0.2) is 14.4 Å². The summed E-state index contributed by atoms with van der Waals surface area (Å²) in [5, 5.41) is 2.93. The zero-order valence-corrected chi connectivity index (χ0v) is 17.0. The number of halogens is 4. The van der Waals surface area contributed by atoms with Crippen molar-refractivity contribution in [1.29, 1.82) is 0 Å². The fraction of sp³-hybridized carbons (Fsp3) is 0.450. The maximum Gasteiger partial charge on any atom is 0.419 e. The fourth-order valence-electron chi connectivity index (χ4n) is 3.25. The van der Waals surface area contributed by atoms with E-state index < -0.39 is 35.9 Å². The highest BCUT2D eigenvalue weighted by molar-refractivity contribution is 5.73. The Kier molecular flexibility index (Phi) is 6.75. The van der Waals surface area contributed by atoms with Gasteiger partial charge in [-0.2, -0.15) is 13.2 Å². The van der Waals surface area contributed by atoms with Gasteiger partial charge in [-0.15, -0.1) is 0 Å². The van der Waals surface area contributed by atoms with Crippen molar-refractivity contribution in [3.8, 4) is 0 Å². The van der Waals surface area contributed by atoms with Gasteiger partial charge >= 0.3 is 12.1 Å². The van der Waals surface area contributed by atoms with Crippen LogP contribution in [-0.2, 0) is 31.6 Å². The van der Waals surface area contributed by atoms with Crippen molar-refractivity contribution in [2.75, 3.05) is 25.6 Å². The van der Waals surface area contributed by atoms with Gasteiger partial charge in [-0.1, -0.05) is 12.1 Å². The first-order chi connectivity index (χ1) is 14.6. The summed E-state index contributed by atoms with van der Waals surface area (Å²) in [4.78, 5) is 20.4. The Morgan fingerprint density at radius 2 is 1.97 bits per heavy atom. The van der Waals surface area contributed by atoms with Gasteiger partial charge in [0.25, 0.3) is 0 Å². The van der Waals surface area contributed by atoms with E-state index in [2.05, 4.69) is 15.3 Å². The molecular formula is C20H21F4N3O4. The molecule has 2 heterocycles. The number of alkyl halides is 3. The molecule has 1 N–H and O–H groups in total. The molecule has 31 heavy (non-hydrogen) atoms. The Morgan fingerprint density at radius 1 is 1.29 bits per heavy atom. The molecule has 3 rings (SSSR count). The maximum atomic E-state index is 14.6. The SMILES string of the molecule is COC(=O)Cc1nc(C)nc(N[C@H](C)c2cccc(C(F)(F)F)c2F)c1C1OCCO1. The van der Waals surface area contributed by atoms with Gasteiger partial charge in [0.2, 0.25) is 0 Å². The number of aryl methyl sites for hydroxylation is 1. The Labute approximate surface area is 175 Å². The van der Waals surface area contributed by atoms with Crippen LogP contribution in [0, 0.1) is 12.7 Å². The smallest absolute Gasteiger partial charge is 0.419 e.